The van der Waals surface area contributed by atoms with Crippen molar-refractivity contribution in [3.8, 4) is 0 Å². The Hall–Kier alpha value is -4.46. The lowest BCUT2D eigenvalue weighted by Gasteiger charge is -2.32. The third-order valence-electron chi connectivity index (χ3n) is 6.76. The largest absolute Gasteiger partial charge is 0.369 e. The Labute approximate surface area is 209 Å². The van der Waals surface area contributed by atoms with E-state index in [9.17, 15) is 14.4 Å². The highest BCUT2D eigenvalue weighted by molar-refractivity contribution is 6.09. The second-order valence-electron chi connectivity index (χ2n) is 9.05. The molecule has 0 unspecified atom stereocenters. The number of amides is 3. The van der Waals surface area contributed by atoms with E-state index < -0.39 is 5.54 Å². The molecule has 36 heavy (non-hydrogen) atoms. The Morgan fingerprint density at radius 3 is 2.17 bits per heavy atom. The molecular formula is C28H27N5O3. The van der Waals surface area contributed by atoms with E-state index in [4.69, 9.17) is 10.7 Å². The SMILES string of the molecule is CN1CCN(C(=O)c2cccc(CN3C(=O)C(c4ccccc4)(c4ccccc4)N=C3N)c2)CC1=O. The zero-order chi connectivity index (χ0) is 25.3. The fourth-order valence-corrected chi connectivity index (χ4v) is 4.73. The normalized spacial score (nSPS) is 17.4. The highest BCUT2D eigenvalue weighted by Crippen LogP contribution is 2.39. The zero-order valence-electron chi connectivity index (χ0n) is 20.0. The summed E-state index contributed by atoms with van der Waals surface area (Å²) in [4.78, 5) is 48.5. The third-order valence-corrected chi connectivity index (χ3v) is 6.76. The van der Waals surface area contributed by atoms with Gasteiger partial charge in [0.1, 0.15) is 6.54 Å². The van der Waals surface area contributed by atoms with Gasteiger partial charge in [-0.1, -0.05) is 72.8 Å². The van der Waals surface area contributed by atoms with Crippen LogP contribution in [0.1, 0.15) is 27.0 Å². The standard InChI is InChI=1S/C28H27N5O3/c1-31-15-16-32(19-24(31)34)25(35)21-10-8-9-20(17-21)18-33-26(36)28(30-27(33)29,22-11-4-2-5-12-22)23-13-6-3-7-14-23/h2-14,17H,15-16,18-19H2,1H3,(H2,29,30). The molecule has 0 spiro atoms. The van der Waals surface area contributed by atoms with E-state index >= 15 is 0 Å². The molecule has 2 aliphatic rings. The maximum absolute atomic E-state index is 14.0. The van der Waals surface area contributed by atoms with Crippen LogP contribution in [0.15, 0.2) is 89.9 Å². The number of hydrogen-bond acceptors (Lipinski definition) is 5. The van der Waals surface area contributed by atoms with Gasteiger partial charge >= 0.3 is 0 Å². The molecule has 3 aromatic carbocycles. The lowest BCUT2D eigenvalue weighted by molar-refractivity contribution is -0.133. The van der Waals surface area contributed by atoms with E-state index in [2.05, 4.69) is 0 Å². The predicted octanol–water partition coefficient (Wildman–Crippen LogP) is 2.20. The molecule has 0 radical (unpaired) electrons. The number of nitrogens with zero attached hydrogens (tertiary/aromatic N) is 4. The Bertz CT molecular complexity index is 1300. The molecule has 0 aliphatic carbocycles. The fraction of sp³-hybridized carbons (Fsp3) is 0.214. The molecule has 0 bridgehead atoms. The Kier molecular flexibility index (Phi) is 6.01. The van der Waals surface area contributed by atoms with Crippen LogP contribution in [0.3, 0.4) is 0 Å². The second kappa shape index (κ2) is 9.30. The summed E-state index contributed by atoms with van der Waals surface area (Å²) in [5.74, 6) is -0.431. The molecule has 2 heterocycles. The third kappa shape index (κ3) is 4.00. The zero-order valence-corrected chi connectivity index (χ0v) is 20.0. The van der Waals surface area contributed by atoms with Gasteiger partial charge in [-0.05, 0) is 28.8 Å². The van der Waals surface area contributed by atoms with Crippen LogP contribution in [0.25, 0.3) is 0 Å². The summed E-state index contributed by atoms with van der Waals surface area (Å²) >= 11 is 0. The number of guanidine groups is 1. The van der Waals surface area contributed by atoms with E-state index in [0.29, 0.717) is 18.7 Å². The number of rotatable bonds is 5. The summed E-state index contributed by atoms with van der Waals surface area (Å²) in [7, 11) is 1.73. The van der Waals surface area contributed by atoms with Gasteiger partial charge in [-0.15, -0.1) is 0 Å². The van der Waals surface area contributed by atoms with E-state index in [1.165, 1.54) is 4.90 Å². The minimum atomic E-state index is -1.28. The summed E-state index contributed by atoms with van der Waals surface area (Å²) in [5, 5.41) is 0. The van der Waals surface area contributed by atoms with Crippen LogP contribution >= 0.6 is 0 Å². The van der Waals surface area contributed by atoms with Gasteiger partial charge in [0.05, 0.1) is 6.54 Å². The molecule has 2 aliphatic heterocycles. The molecule has 0 saturated carbocycles. The lowest BCUT2D eigenvalue weighted by atomic mass is 9.83. The van der Waals surface area contributed by atoms with Crippen LogP contribution in [0, 0.1) is 0 Å². The van der Waals surface area contributed by atoms with Gasteiger partial charge in [0.15, 0.2) is 11.5 Å². The van der Waals surface area contributed by atoms with Gasteiger partial charge in [0.25, 0.3) is 11.8 Å². The first-order valence-electron chi connectivity index (χ1n) is 11.8. The maximum atomic E-state index is 14.0. The van der Waals surface area contributed by atoms with Gasteiger partial charge in [-0.3, -0.25) is 19.3 Å². The van der Waals surface area contributed by atoms with Gasteiger partial charge in [-0.25, -0.2) is 4.99 Å². The molecule has 2 N–H and O–H groups in total. The molecule has 182 valence electrons. The first-order chi connectivity index (χ1) is 17.4. The van der Waals surface area contributed by atoms with Gasteiger partial charge in [0.2, 0.25) is 5.91 Å². The molecule has 5 rings (SSSR count). The minimum Gasteiger partial charge on any atom is -0.369 e. The van der Waals surface area contributed by atoms with E-state index in [1.54, 1.807) is 35.0 Å². The van der Waals surface area contributed by atoms with Crippen molar-refractivity contribution in [3.63, 3.8) is 0 Å². The molecule has 8 heteroatoms. The monoisotopic (exact) mass is 481 g/mol. The summed E-state index contributed by atoms with van der Waals surface area (Å²) in [6.45, 7) is 1.20. The highest BCUT2D eigenvalue weighted by atomic mass is 16.2. The van der Waals surface area contributed by atoms with Crippen molar-refractivity contribution in [1.29, 1.82) is 0 Å². The molecule has 1 saturated heterocycles. The number of carbonyl (C=O) groups excluding carboxylic acids is 3. The number of benzene rings is 3. The summed E-state index contributed by atoms with van der Waals surface area (Å²) < 4.78 is 0. The quantitative estimate of drug-likeness (QED) is 0.604. The lowest BCUT2D eigenvalue weighted by Crippen LogP contribution is -2.50. The van der Waals surface area contributed by atoms with Crippen molar-refractivity contribution in [2.45, 2.75) is 12.1 Å². The number of likely N-dealkylation sites (N-methyl/N-ethyl adjacent to an activating group) is 1. The second-order valence-corrected chi connectivity index (χ2v) is 9.05. The van der Waals surface area contributed by atoms with Crippen LogP contribution in [0.4, 0.5) is 0 Å². The van der Waals surface area contributed by atoms with Crippen LogP contribution in [0.2, 0.25) is 0 Å². The highest BCUT2D eigenvalue weighted by Gasteiger charge is 2.50. The van der Waals surface area contributed by atoms with Crippen molar-refractivity contribution in [2.75, 3.05) is 26.7 Å². The summed E-state index contributed by atoms with van der Waals surface area (Å²) in [5.41, 5.74) is 7.74. The molecule has 0 aromatic heterocycles. The molecular weight excluding hydrogens is 454 g/mol. The topological polar surface area (TPSA) is 99.3 Å². The number of piperazine rings is 1. The number of carbonyl (C=O) groups is 3. The first kappa shape index (κ1) is 23.3. The molecule has 3 aromatic rings. The summed E-state index contributed by atoms with van der Waals surface area (Å²) in [6, 6.07) is 25.9. The van der Waals surface area contributed by atoms with Crippen LogP contribution < -0.4 is 5.73 Å². The Balaban J connectivity index is 1.43. The number of nitrogens with two attached hydrogens (primary N) is 1. The minimum absolute atomic E-state index is 0.0560. The predicted molar refractivity (Wildman–Crippen MR) is 136 cm³/mol. The van der Waals surface area contributed by atoms with E-state index in [0.717, 1.165) is 16.7 Å². The fourth-order valence-electron chi connectivity index (χ4n) is 4.73. The van der Waals surface area contributed by atoms with Crippen LogP contribution in [-0.4, -0.2) is 65.1 Å². The number of hydrogen-bond donors (Lipinski definition) is 1. The van der Waals surface area contributed by atoms with Crippen LogP contribution in [0.5, 0.6) is 0 Å². The van der Waals surface area contributed by atoms with Gasteiger partial charge in [-0.2, -0.15) is 0 Å². The van der Waals surface area contributed by atoms with E-state index in [1.807, 2.05) is 66.7 Å². The van der Waals surface area contributed by atoms with Gasteiger partial charge < -0.3 is 15.5 Å². The Morgan fingerprint density at radius 1 is 0.917 bits per heavy atom. The molecule has 0 atom stereocenters. The smallest absolute Gasteiger partial charge is 0.266 e. The number of aliphatic imine (C=N–C) groups is 1. The first-order valence-corrected chi connectivity index (χ1v) is 11.8. The molecule has 8 nitrogen and oxygen atoms in total. The van der Waals surface area contributed by atoms with Crippen molar-refractivity contribution in [2.24, 2.45) is 10.7 Å². The van der Waals surface area contributed by atoms with E-state index in [-0.39, 0.29) is 36.8 Å². The van der Waals surface area contributed by atoms with Crippen molar-refractivity contribution in [3.05, 3.63) is 107 Å². The van der Waals surface area contributed by atoms with Crippen LogP contribution in [-0.2, 0) is 21.7 Å². The molecule has 3 amide bonds. The molecule has 1 fully saturated rings. The summed E-state index contributed by atoms with van der Waals surface area (Å²) in [6.07, 6.45) is 0. The average Bonchev–Trinajstić information content (AvgIpc) is 3.16. The van der Waals surface area contributed by atoms with Crippen molar-refractivity contribution < 1.29 is 14.4 Å². The Morgan fingerprint density at radius 2 is 1.56 bits per heavy atom. The van der Waals surface area contributed by atoms with Crippen molar-refractivity contribution >= 4 is 23.7 Å². The van der Waals surface area contributed by atoms with Gasteiger partial charge in [0, 0.05) is 25.7 Å². The maximum Gasteiger partial charge on any atom is 0.266 e. The average molecular weight is 482 g/mol. The van der Waals surface area contributed by atoms with Crippen molar-refractivity contribution in [1.82, 2.24) is 14.7 Å².